The Hall–Kier alpha value is -3.15. The van der Waals surface area contributed by atoms with Gasteiger partial charge in [-0.05, 0) is 56.7 Å². The number of imidazole rings is 1. The first-order valence-electron chi connectivity index (χ1n) is 10.0. The normalized spacial score (nSPS) is 10.8. The van der Waals surface area contributed by atoms with E-state index in [0.29, 0.717) is 18.7 Å². The number of fused-ring (bicyclic) bond motifs is 1. The molecule has 0 atom stereocenters. The number of hydrogen-bond donors (Lipinski definition) is 1. The number of amides is 1. The fourth-order valence-corrected chi connectivity index (χ4v) is 3.31. The van der Waals surface area contributed by atoms with Crippen LogP contribution in [0.15, 0.2) is 48.5 Å². The predicted molar refractivity (Wildman–Crippen MR) is 113 cm³/mol. The van der Waals surface area contributed by atoms with Crippen molar-refractivity contribution in [2.24, 2.45) is 0 Å². The number of para-hydroxylation sites is 2. The van der Waals surface area contributed by atoms with E-state index in [2.05, 4.69) is 20.9 Å². The van der Waals surface area contributed by atoms with Crippen LogP contribution in [0.3, 0.4) is 0 Å². The number of carbonyl (C=O) groups excluding carboxylic acids is 2. The summed E-state index contributed by atoms with van der Waals surface area (Å²) in [5.74, 6) is 1.57. The van der Waals surface area contributed by atoms with Gasteiger partial charge in [0.15, 0.2) is 5.78 Å². The first-order chi connectivity index (χ1) is 14.1. The zero-order valence-electron chi connectivity index (χ0n) is 17.0. The minimum atomic E-state index is -0.100. The molecule has 1 aromatic heterocycles. The Bertz CT molecular complexity index is 977. The van der Waals surface area contributed by atoms with Gasteiger partial charge in [0.05, 0.1) is 17.6 Å². The van der Waals surface area contributed by atoms with Gasteiger partial charge in [-0.15, -0.1) is 0 Å². The first-order valence-corrected chi connectivity index (χ1v) is 10.0. The van der Waals surface area contributed by atoms with Crippen LogP contribution in [-0.4, -0.2) is 34.4 Å². The van der Waals surface area contributed by atoms with Gasteiger partial charge in [-0.3, -0.25) is 9.59 Å². The average Bonchev–Trinajstić information content (AvgIpc) is 3.05. The molecular weight excluding hydrogens is 366 g/mol. The van der Waals surface area contributed by atoms with Crippen LogP contribution in [0.5, 0.6) is 5.75 Å². The maximum atomic E-state index is 12.2. The number of Topliss-reactive ketones (excluding diaryl/α,β-unsaturated/α-hetero) is 1. The molecule has 0 saturated heterocycles. The lowest BCUT2D eigenvalue weighted by Gasteiger charge is -2.08. The summed E-state index contributed by atoms with van der Waals surface area (Å²) in [5, 5.41) is 2.90. The summed E-state index contributed by atoms with van der Waals surface area (Å²) in [5.41, 5.74) is 2.70. The number of hydrogen-bond acceptors (Lipinski definition) is 4. The third kappa shape index (κ3) is 5.44. The number of nitrogens with zero attached hydrogens (tertiary/aromatic N) is 2. The van der Waals surface area contributed by atoms with Crippen LogP contribution >= 0.6 is 0 Å². The van der Waals surface area contributed by atoms with Gasteiger partial charge >= 0.3 is 0 Å². The van der Waals surface area contributed by atoms with E-state index < -0.39 is 0 Å². The topological polar surface area (TPSA) is 73.2 Å². The average molecular weight is 393 g/mol. The third-order valence-electron chi connectivity index (χ3n) is 4.79. The molecule has 3 aromatic rings. The van der Waals surface area contributed by atoms with Crippen molar-refractivity contribution in [3.8, 4) is 5.75 Å². The molecule has 6 nitrogen and oxygen atoms in total. The van der Waals surface area contributed by atoms with Crippen LogP contribution in [-0.2, 0) is 11.3 Å². The van der Waals surface area contributed by atoms with Gasteiger partial charge in [-0.1, -0.05) is 12.1 Å². The maximum Gasteiger partial charge on any atom is 0.220 e. The zero-order chi connectivity index (χ0) is 20.6. The molecule has 0 unspecified atom stereocenters. The molecule has 0 aliphatic heterocycles. The molecule has 1 N–H and O–H groups in total. The second kappa shape index (κ2) is 9.87. The number of carbonyl (C=O) groups is 2. The monoisotopic (exact) mass is 393 g/mol. The number of aromatic nitrogens is 2. The van der Waals surface area contributed by atoms with Crippen LogP contribution in [0.25, 0.3) is 11.0 Å². The molecule has 3 rings (SSSR count). The summed E-state index contributed by atoms with van der Waals surface area (Å²) in [4.78, 5) is 28.8. The summed E-state index contributed by atoms with van der Waals surface area (Å²) in [6.45, 7) is 5.85. The van der Waals surface area contributed by atoms with E-state index in [-0.39, 0.29) is 24.5 Å². The maximum absolute atomic E-state index is 12.2. The molecule has 0 bridgehead atoms. The Balaban J connectivity index is 1.39. The minimum absolute atomic E-state index is 0.0382. The SMILES string of the molecule is CCOc1ccc(C(=O)CCC(=O)NCCCn2c(C)nc3ccccc32)cc1. The first kappa shape index (κ1) is 20.6. The fraction of sp³-hybridized carbons (Fsp3) is 0.348. The molecule has 1 heterocycles. The highest BCUT2D eigenvalue weighted by atomic mass is 16.5. The molecule has 0 saturated carbocycles. The second-order valence-electron chi connectivity index (χ2n) is 6.88. The van der Waals surface area contributed by atoms with Crippen LogP contribution in [0.1, 0.15) is 42.4 Å². The Morgan fingerprint density at radius 2 is 1.83 bits per heavy atom. The van der Waals surface area contributed by atoms with Crippen molar-refractivity contribution in [2.75, 3.05) is 13.2 Å². The van der Waals surface area contributed by atoms with Gasteiger partial charge in [0.25, 0.3) is 0 Å². The molecule has 1 amide bonds. The highest BCUT2D eigenvalue weighted by Crippen LogP contribution is 2.16. The Morgan fingerprint density at radius 3 is 2.59 bits per heavy atom. The van der Waals surface area contributed by atoms with E-state index in [9.17, 15) is 9.59 Å². The summed E-state index contributed by atoms with van der Waals surface area (Å²) < 4.78 is 7.53. The van der Waals surface area contributed by atoms with Gasteiger partial charge in [0.1, 0.15) is 11.6 Å². The molecule has 6 heteroatoms. The lowest BCUT2D eigenvalue weighted by molar-refractivity contribution is -0.121. The largest absolute Gasteiger partial charge is 0.494 e. The van der Waals surface area contributed by atoms with E-state index in [4.69, 9.17) is 4.74 Å². The van der Waals surface area contributed by atoms with Crippen molar-refractivity contribution in [2.45, 2.75) is 39.7 Å². The van der Waals surface area contributed by atoms with Gasteiger partial charge < -0.3 is 14.6 Å². The number of rotatable bonds is 10. The standard InChI is InChI=1S/C23H27N3O3/c1-3-29-19-11-9-18(10-12-19)22(27)13-14-23(28)24-15-6-16-26-17(2)25-20-7-4-5-8-21(20)26/h4-5,7-12H,3,6,13-16H2,1-2H3,(H,24,28). The Kier molecular flexibility index (Phi) is 7.00. The predicted octanol–water partition coefficient (Wildman–Crippen LogP) is 3.91. The molecule has 0 aliphatic carbocycles. The number of nitrogens with one attached hydrogen (secondary N) is 1. The van der Waals surface area contributed by atoms with Crippen molar-refractivity contribution in [1.82, 2.24) is 14.9 Å². The van der Waals surface area contributed by atoms with Crippen molar-refractivity contribution in [1.29, 1.82) is 0 Å². The molecule has 2 aromatic carbocycles. The second-order valence-corrected chi connectivity index (χ2v) is 6.88. The summed E-state index contributed by atoms with van der Waals surface area (Å²) in [6, 6.07) is 15.1. The summed E-state index contributed by atoms with van der Waals surface area (Å²) >= 11 is 0. The highest BCUT2D eigenvalue weighted by molar-refractivity contribution is 5.98. The smallest absolute Gasteiger partial charge is 0.220 e. The quantitative estimate of drug-likeness (QED) is 0.419. The van der Waals surface area contributed by atoms with Crippen molar-refractivity contribution < 1.29 is 14.3 Å². The van der Waals surface area contributed by atoms with Gasteiger partial charge in [0, 0.05) is 31.5 Å². The van der Waals surface area contributed by atoms with Gasteiger partial charge in [-0.2, -0.15) is 0 Å². The van der Waals surface area contributed by atoms with Crippen molar-refractivity contribution >= 4 is 22.7 Å². The van der Waals surface area contributed by atoms with Crippen LogP contribution in [0.2, 0.25) is 0 Å². The van der Waals surface area contributed by atoms with E-state index in [1.165, 1.54) is 0 Å². The highest BCUT2D eigenvalue weighted by Gasteiger charge is 2.10. The van der Waals surface area contributed by atoms with E-state index in [1.807, 2.05) is 32.0 Å². The molecule has 0 aliphatic rings. The lowest BCUT2D eigenvalue weighted by atomic mass is 10.1. The molecule has 0 fully saturated rings. The van der Waals surface area contributed by atoms with Crippen molar-refractivity contribution in [3.63, 3.8) is 0 Å². The third-order valence-corrected chi connectivity index (χ3v) is 4.79. The number of ether oxygens (including phenoxy) is 1. The Morgan fingerprint density at radius 1 is 1.07 bits per heavy atom. The number of benzene rings is 2. The lowest BCUT2D eigenvalue weighted by Crippen LogP contribution is -2.25. The molecule has 0 radical (unpaired) electrons. The van der Waals surface area contributed by atoms with E-state index in [1.54, 1.807) is 24.3 Å². The van der Waals surface area contributed by atoms with Crippen LogP contribution in [0.4, 0.5) is 0 Å². The van der Waals surface area contributed by atoms with Crippen molar-refractivity contribution in [3.05, 3.63) is 59.9 Å². The van der Waals surface area contributed by atoms with Gasteiger partial charge in [0.2, 0.25) is 5.91 Å². The summed E-state index contributed by atoms with van der Waals surface area (Å²) in [6.07, 6.45) is 1.20. The Labute approximate surface area is 170 Å². The van der Waals surface area contributed by atoms with Crippen LogP contribution < -0.4 is 10.1 Å². The molecule has 152 valence electrons. The molecule has 0 spiro atoms. The van der Waals surface area contributed by atoms with Crippen LogP contribution in [0, 0.1) is 6.92 Å². The molecular formula is C23H27N3O3. The zero-order valence-corrected chi connectivity index (χ0v) is 17.0. The van der Waals surface area contributed by atoms with Gasteiger partial charge in [-0.25, -0.2) is 4.98 Å². The number of aryl methyl sites for hydroxylation is 2. The van der Waals surface area contributed by atoms with E-state index >= 15 is 0 Å². The van der Waals surface area contributed by atoms with E-state index in [0.717, 1.165) is 35.6 Å². The fourth-order valence-electron chi connectivity index (χ4n) is 3.31. The number of ketones is 1. The minimum Gasteiger partial charge on any atom is -0.494 e. The molecule has 29 heavy (non-hydrogen) atoms. The summed E-state index contributed by atoms with van der Waals surface area (Å²) in [7, 11) is 0.